The van der Waals surface area contributed by atoms with Crippen LogP contribution in [0.1, 0.15) is 30.5 Å². The fraction of sp³-hybridized carbons (Fsp3) is 0.174. The molecule has 1 N–H and O–H groups in total. The summed E-state index contributed by atoms with van der Waals surface area (Å²) in [6.45, 7) is 1.73. The Morgan fingerprint density at radius 2 is 1.87 bits per heavy atom. The fourth-order valence-corrected chi connectivity index (χ4v) is 4.54. The van der Waals surface area contributed by atoms with Crippen LogP contribution >= 0.6 is 11.8 Å². The molecule has 0 bridgehead atoms. The van der Waals surface area contributed by atoms with Gasteiger partial charge in [0.15, 0.2) is 5.17 Å². The molecule has 1 unspecified atom stereocenters. The van der Waals surface area contributed by atoms with E-state index in [1.165, 1.54) is 17.8 Å². The van der Waals surface area contributed by atoms with Gasteiger partial charge >= 0.3 is 11.9 Å². The van der Waals surface area contributed by atoms with E-state index >= 15 is 0 Å². The van der Waals surface area contributed by atoms with Gasteiger partial charge < -0.3 is 14.7 Å². The molecule has 2 aromatic rings. The van der Waals surface area contributed by atoms with Gasteiger partial charge in [-0.15, -0.1) is 0 Å². The quantitative estimate of drug-likeness (QED) is 0.663. The molecule has 0 aromatic heterocycles. The molecule has 0 saturated heterocycles. The molecule has 0 amide bonds. The van der Waals surface area contributed by atoms with Crippen molar-refractivity contribution in [1.82, 2.24) is 4.90 Å². The van der Waals surface area contributed by atoms with E-state index in [9.17, 15) is 19.1 Å². The van der Waals surface area contributed by atoms with Gasteiger partial charge in [-0.3, -0.25) is 4.79 Å². The van der Waals surface area contributed by atoms with Crippen molar-refractivity contribution in [3.63, 3.8) is 0 Å². The summed E-state index contributed by atoms with van der Waals surface area (Å²) in [6.07, 6.45) is -0.275. The number of benzene rings is 2. The van der Waals surface area contributed by atoms with Gasteiger partial charge in [0.2, 0.25) is 0 Å². The summed E-state index contributed by atoms with van der Waals surface area (Å²) in [5.74, 6) is -2.15. The average molecular weight is 438 g/mol. The van der Waals surface area contributed by atoms with Gasteiger partial charge in [-0.2, -0.15) is 0 Å². The van der Waals surface area contributed by atoms with Crippen molar-refractivity contribution in [3.05, 3.63) is 93.9 Å². The lowest BCUT2D eigenvalue weighted by Gasteiger charge is -2.36. The molecule has 2 aromatic carbocycles. The highest BCUT2D eigenvalue weighted by Crippen LogP contribution is 2.45. The Bertz CT molecular complexity index is 1130. The maximum Gasteiger partial charge on any atom is 0.338 e. The molecular weight excluding hydrogens is 419 g/mol. The Kier molecular flexibility index (Phi) is 5.90. The molecule has 4 rings (SSSR count). The zero-order chi connectivity index (χ0) is 22.0. The van der Waals surface area contributed by atoms with Crippen molar-refractivity contribution in [2.45, 2.75) is 26.0 Å². The van der Waals surface area contributed by atoms with Crippen LogP contribution < -0.4 is 0 Å². The molecule has 6 nitrogen and oxygen atoms in total. The van der Waals surface area contributed by atoms with Gasteiger partial charge in [0, 0.05) is 11.3 Å². The van der Waals surface area contributed by atoms with Crippen LogP contribution in [0.5, 0.6) is 0 Å². The largest absolute Gasteiger partial charge is 0.481 e. The lowest BCUT2D eigenvalue weighted by molar-refractivity contribution is -0.141. The summed E-state index contributed by atoms with van der Waals surface area (Å²) < 4.78 is 20.4. The highest BCUT2D eigenvalue weighted by atomic mass is 32.2. The summed E-state index contributed by atoms with van der Waals surface area (Å²) >= 11 is 1.25. The minimum Gasteiger partial charge on any atom is -0.481 e. The maximum absolute atomic E-state index is 14.9. The molecule has 31 heavy (non-hydrogen) atoms. The fourth-order valence-electron chi connectivity index (χ4n) is 3.58. The molecule has 0 aliphatic carbocycles. The summed E-state index contributed by atoms with van der Waals surface area (Å²) in [6, 6.07) is 14.5. The van der Waals surface area contributed by atoms with Crippen LogP contribution in [-0.4, -0.2) is 27.1 Å². The lowest BCUT2D eigenvalue weighted by Crippen LogP contribution is -2.37. The van der Waals surface area contributed by atoms with E-state index in [1.807, 2.05) is 30.3 Å². The molecule has 8 heteroatoms. The number of fused-ring (bicyclic) bond motifs is 1. The predicted octanol–water partition coefficient (Wildman–Crippen LogP) is 4.62. The Balaban J connectivity index is 1.73. The minimum atomic E-state index is -1.03. The molecular formula is C23H19FN2O4S. The summed E-state index contributed by atoms with van der Waals surface area (Å²) in [4.78, 5) is 30.6. The first kappa shape index (κ1) is 20.9. The molecule has 0 fully saturated rings. The number of carboxylic acid groups (broad SMARTS) is 1. The third-order valence-corrected chi connectivity index (χ3v) is 5.85. The first-order valence-corrected chi connectivity index (χ1v) is 10.5. The van der Waals surface area contributed by atoms with E-state index < -0.39 is 23.8 Å². The smallest absolute Gasteiger partial charge is 0.338 e. The molecule has 0 saturated carbocycles. The SMILES string of the molecule is CC1=C(C(=O)OCc2ccccc2)C(c2ccccc2F)N2C(CC(=O)O)=CSC2=N1. The number of hydrogen-bond acceptors (Lipinski definition) is 6. The number of carboxylic acids is 1. The molecule has 2 aliphatic rings. The van der Waals surface area contributed by atoms with E-state index in [1.54, 1.807) is 35.4 Å². The Labute approximate surface area is 182 Å². The molecule has 2 aliphatic heterocycles. The van der Waals surface area contributed by atoms with Crippen LogP contribution in [0.3, 0.4) is 0 Å². The number of nitrogens with zero attached hydrogens (tertiary/aromatic N) is 2. The number of allylic oxidation sites excluding steroid dienone is 1. The third-order valence-electron chi connectivity index (χ3n) is 4.97. The number of hydrogen-bond donors (Lipinski definition) is 1. The molecule has 0 spiro atoms. The second-order valence-electron chi connectivity index (χ2n) is 7.05. The van der Waals surface area contributed by atoms with Gasteiger partial charge in [0.1, 0.15) is 12.4 Å². The maximum atomic E-state index is 14.9. The van der Waals surface area contributed by atoms with Crippen LogP contribution in [-0.2, 0) is 20.9 Å². The van der Waals surface area contributed by atoms with Crippen molar-refractivity contribution < 1.29 is 23.8 Å². The van der Waals surface area contributed by atoms with E-state index in [4.69, 9.17) is 4.74 Å². The van der Waals surface area contributed by atoms with E-state index in [0.717, 1.165) is 5.56 Å². The van der Waals surface area contributed by atoms with Gasteiger partial charge in [-0.1, -0.05) is 60.3 Å². The zero-order valence-corrected chi connectivity index (χ0v) is 17.4. The third kappa shape index (κ3) is 4.25. The normalized spacial score (nSPS) is 17.7. The van der Waals surface area contributed by atoms with Gasteiger partial charge in [0.05, 0.1) is 23.7 Å². The molecule has 2 heterocycles. The number of aliphatic carboxylic acids is 1. The first-order chi connectivity index (χ1) is 15.0. The molecule has 0 radical (unpaired) electrons. The Morgan fingerprint density at radius 1 is 1.16 bits per heavy atom. The van der Waals surface area contributed by atoms with Crippen molar-refractivity contribution >= 4 is 28.9 Å². The second kappa shape index (κ2) is 8.77. The van der Waals surface area contributed by atoms with E-state index in [0.29, 0.717) is 16.6 Å². The summed E-state index contributed by atoms with van der Waals surface area (Å²) in [5, 5.41) is 11.5. The average Bonchev–Trinajstić information content (AvgIpc) is 3.13. The number of aliphatic imine (C=N–C) groups is 1. The minimum absolute atomic E-state index is 0.0591. The molecule has 158 valence electrons. The summed E-state index contributed by atoms with van der Waals surface area (Å²) in [5.41, 5.74) is 2.10. The number of carbonyl (C=O) groups excluding carboxylic acids is 1. The monoisotopic (exact) mass is 438 g/mol. The van der Waals surface area contributed by atoms with Gasteiger partial charge in [-0.25, -0.2) is 14.2 Å². The van der Waals surface area contributed by atoms with Crippen LogP contribution in [0, 0.1) is 5.82 Å². The van der Waals surface area contributed by atoms with E-state index in [2.05, 4.69) is 4.99 Å². The number of halogens is 1. The standard InChI is InChI=1S/C23H19FN2O4S/c1-14-20(22(29)30-12-15-7-3-2-4-8-15)21(17-9-5-6-10-18(17)24)26-16(11-19(27)28)13-31-23(26)25-14/h2-10,13,21H,11-12H2,1H3,(H,27,28). The number of esters is 1. The van der Waals surface area contributed by atoms with Crippen molar-refractivity contribution in [1.29, 1.82) is 0 Å². The second-order valence-corrected chi connectivity index (χ2v) is 7.88. The van der Waals surface area contributed by atoms with Crippen LogP contribution in [0.2, 0.25) is 0 Å². The van der Waals surface area contributed by atoms with E-state index in [-0.39, 0.29) is 24.2 Å². The Morgan fingerprint density at radius 3 is 2.58 bits per heavy atom. The lowest BCUT2D eigenvalue weighted by atomic mass is 9.93. The molecule has 1 atom stereocenters. The zero-order valence-electron chi connectivity index (χ0n) is 16.6. The predicted molar refractivity (Wildman–Crippen MR) is 115 cm³/mol. The topological polar surface area (TPSA) is 79.2 Å². The first-order valence-electron chi connectivity index (χ1n) is 9.57. The number of carbonyl (C=O) groups is 2. The van der Waals surface area contributed by atoms with Crippen LogP contribution in [0.25, 0.3) is 0 Å². The van der Waals surface area contributed by atoms with Crippen molar-refractivity contribution in [3.8, 4) is 0 Å². The van der Waals surface area contributed by atoms with Gasteiger partial charge in [-0.05, 0) is 24.0 Å². The van der Waals surface area contributed by atoms with Crippen LogP contribution in [0.15, 0.2) is 82.0 Å². The number of amidine groups is 1. The highest BCUT2D eigenvalue weighted by Gasteiger charge is 2.42. The number of rotatable bonds is 6. The summed E-state index contributed by atoms with van der Waals surface area (Å²) in [7, 11) is 0. The Hall–Kier alpha value is -3.39. The number of thioether (sulfide) groups is 1. The number of ether oxygens (including phenoxy) is 1. The van der Waals surface area contributed by atoms with Crippen molar-refractivity contribution in [2.24, 2.45) is 4.99 Å². The van der Waals surface area contributed by atoms with Crippen LogP contribution in [0.4, 0.5) is 4.39 Å². The van der Waals surface area contributed by atoms with Crippen molar-refractivity contribution in [2.75, 3.05) is 0 Å². The van der Waals surface area contributed by atoms with Gasteiger partial charge in [0.25, 0.3) is 0 Å². The highest BCUT2D eigenvalue weighted by molar-refractivity contribution is 8.16.